The van der Waals surface area contributed by atoms with Crippen LogP contribution in [0, 0.1) is 23.7 Å². The van der Waals surface area contributed by atoms with Gasteiger partial charge >= 0.3 is 0 Å². The molecule has 2 saturated carbocycles. The number of aliphatic hydroxyl groups excluding tert-OH is 1. The summed E-state index contributed by atoms with van der Waals surface area (Å²) in [6.45, 7) is 9.02. The predicted octanol–water partition coefficient (Wildman–Crippen LogP) is 2.99. The Morgan fingerprint density at radius 3 is 2.59 bits per heavy atom. The van der Waals surface area contributed by atoms with E-state index in [1.807, 2.05) is 0 Å². The Kier molecular flexibility index (Phi) is 2.45. The Bertz CT molecular complexity index is 325. The monoisotopic (exact) mass is 238 g/mol. The summed E-state index contributed by atoms with van der Waals surface area (Å²) in [7, 11) is 0. The first kappa shape index (κ1) is 12.0. The molecule has 1 saturated heterocycles. The Labute approximate surface area is 105 Å². The fraction of sp³-hybridized carbons (Fsp3) is 1.00. The van der Waals surface area contributed by atoms with E-state index < -0.39 is 0 Å². The van der Waals surface area contributed by atoms with E-state index in [1.54, 1.807) is 0 Å². The second-order valence-electron chi connectivity index (χ2n) is 7.31. The van der Waals surface area contributed by atoms with Crippen molar-refractivity contribution in [1.29, 1.82) is 0 Å². The SMILES string of the molecule is C[C@@H]1[C@H]2CC[C@@H](C)[C@@]23C[C@@H](C[C@@H]1O)C(C)(C)O3. The molecular formula is C15H26O2. The van der Waals surface area contributed by atoms with Crippen LogP contribution in [0.3, 0.4) is 0 Å². The van der Waals surface area contributed by atoms with Crippen LogP contribution in [0.25, 0.3) is 0 Å². The van der Waals surface area contributed by atoms with Crippen LogP contribution in [0.2, 0.25) is 0 Å². The van der Waals surface area contributed by atoms with Gasteiger partial charge in [0.05, 0.1) is 17.3 Å². The molecule has 2 heteroatoms. The van der Waals surface area contributed by atoms with Gasteiger partial charge in [-0.05, 0) is 63.2 Å². The lowest BCUT2D eigenvalue weighted by atomic mass is 9.76. The van der Waals surface area contributed by atoms with Gasteiger partial charge in [-0.2, -0.15) is 0 Å². The van der Waals surface area contributed by atoms with Crippen LogP contribution in [-0.4, -0.2) is 22.4 Å². The van der Waals surface area contributed by atoms with Gasteiger partial charge in [0, 0.05) is 0 Å². The number of rotatable bonds is 0. The van der Waals surface area contributed by atoms with E-state index in [-0.39, 0.29) is 17.3 Å². The van der Waals surface area contributed by atoms with Gasteiger partial charge in [0.1, 0.15) is 0 Å². The Morgan fingerprint density at radius 2 is 1.88 bits per heavy atom. The van der Waals surface area contributed by atoms with E-state index >= 15 is 0 Å². The molecule has 0 unspecified atom stereocenters. The molecule has 0 amide bonds. The minimum atomic E-state index is -0.125. The summed E-state index contributed by atoms with van der Waals surface area (Å²) in [4.78, 5) is 0. The second-order valence-corrected chi connectivity index (χ2v) is 7.31. The molecule has 1 heterocycles. The normalized spacial score (nSPS) is 56.6. The third kappa shape index (κ3) is 1.46. The van der Waals surface area contributed by atoms with Crippen molar-refractivity contribution in [2.24, 2.45) is 23.7 Å². The zero-order valence-electron chi connectivity index (χ0n) is 11.6. The average molecular weight is 238 g/mol. The molecule has 17 heavy (non-hydrogen) atoms. The Balaban J connectivity index is 2.03. The van der Waals surface area contributed by atoms with Crippen molar-refractivity contribution in [2.45, 2.75) is 70.7 Å². The van der Waals surface area contributed by atoms with Crippen LogP contribution in [0.5, 0.6) is 0 Å². The minimum Gasteiger partial charge on any atom is -0.393 e. The van der Waals surface area contributed by atoms with Crippen LogP contribution in [-0.2, 0) is 4.74 Å². The number of fused-ring (bicyclic) bond motifs is 1. The lowest BCUT2D eigenvalue weighted by molar-refractivity contribution is -0.158. The van der Waals surface area contributed by atoms with Crippen molar-refractivity contribution in [3.8, 4) is 0 Å². The second kappa shape index (κ2) is 3.48. The highest BCUT2D eigenvalue weighted by atomic mass is 16.5. The summed E-state index contributed by atoms with van der Waals surface area (Å²) < 4.78 is 6.58. The molecule has 3 fully saturated rings. The molecule has 6 atom stereocenters. The van der Waals surface area contributed by atoms with Gasteiger partial charge < -0.3 is 9.84 Å². The maximum Gasteiger partial charge on any atom is 0.0750 e. The first-order valence-corrected chi connectivity index (χ1v) is 7.25. The average Bonchev–Trinajstić information content (AvgIpc) is 2.63. The summed E-state index contributed by atoms with van der Waals surface area (Å²) >= 11 is 0. The van der Waals surface area contributed by atoms with Crippen molar-refractivity contribution >= 4 is 0 Å². The fourth-order valence-electron chi connectivity index (χ4n) is 4.91. The summed E-state index contributed by atoms with van der Waals surface area (Å²) in [5.41, 5.74) is 0.0308. The summed E-state index contributed by atoms with van der Waals surface area (Å²) in [6.07, 6.45) is 4.49. The first-order valence-electron chi connectivity index (χ1n) is 7.25. The van der Waals surface area contributed by atoms with Crippen LogP contribution in [0.15, 0.2) is 0 Å². The number of ether oxygens (including phenoxy) is 1. The van der Waals surface area contributed by atoms with Gasteiger partial charge in [-0.1, -0.05) is 13.8 Å². The third-order valence-electron chi connectivity index (χ3n) is 6.14. The smallest absolute Gasteiger partial charge is 0.0750 e. The van der Waals surface area contributed by atoms with E-state index in [4.69, 9.17) is 4.74 Å². The third-order valence-corrected chi connectivity index (χ3v) is 6.14. The van der Waals surface area contributed by atoms with Crippen LogP contribution in [0.4, 0.5) is 0 Å². The van der Waals surface area contributed by atoms with Gasteiger partial charge in [0.2, 0.25) is 0 Å². The highest BCUT2D eigenvalue weighted by Crippen LogP contribution is 2.61. The van der Waals surface area contributed by atoms with Crippen molar-refractivity contribution in [1.82, 2.24) is 0 Å². The topological polar surface area (TPSA) is 29.5 Å². The molecule has 0 aromatic rings. The van der Waals surface area contributed by atoms with Gasteiger partial charge in [0.15, 0.2) is 0 Å². The molecule has 2 nitrogen and oxygen atoms in total. The number of aliphatic hydroxyl groups is 1. The van der Waals surface area contributed by atoms with Crippen molar-refractivity contribution in [3.63, 3.8) is 0 Å². The van der Waals surface area contributed by atoms with Crippen LogP contribution in [0.1, 0.15) is 53.4 Å². The Hall–Kier alpha value is -0.0800. The highest BCUT2D eigenvalue weighted by Gasteiger charge is 2.63. The largest absolute Gasteiger partial charge is 0.393 e. The molecule has 2 aliphatic carbocycles. The molecule has 1 spiro atoms. The number of hydrogen-bond donors (Lipinski definition) is 1. The predicted molar refractivity (Wildman–Crippen MR) is 67.7 cm³/mol. The Morgan fingerprint density at radius 1 is 1.18 bits per heavy atom. The first-order chi connectivity index (χ1) is 7.87. The molecule has 3 rings (SSSR count). The standard InChI is InChI=1S/C15H26O2/c1-9-5-6-12-10(2)13(16)7-11-8-15(9,12)17-14(11,3)4/h9-13,16H,5-8H2,1-4H3/t9-,10-,11-,12-,13+,15+/m1/s1. The molecule has 0 aromatic carbocycles. The maximum absolute atomic E-state index is 10.4. The zero-order chi connectivity index (χ0) is 12.4. The molecule has 2 bridgehead atoms. The quantitative estimate of drug-likeness (QED) is 0.703. The fourth-order valence-corrected chi connectivity index (χ4v) is 4.91. The summed E-state index contributed by atoms with van der Waals surface area (Å²) in [5, 5.41) is 10.4. The van der Waals surface area contributed by atoms with E-state index in [9.17, 15) is 5.11 Å². The summed E-state index contributed by atoms with van der Waals surface area (Å²) in [6, 6.07) is 0. The molecule has 0 radical (unpaired) electrons. The zero-order valence-corrected chi connectivity index (χ0v) is 11.6. The van der Waals surface area contributed by atoms with Crippen molar-refractivity contribution < 1.29 is 9.84 Å². The van der Waals surface area contributed by atoms with Crippen molar-refractivity contribution in [3.05, 3.63) is 0 Å². The van der Waals surface area contributed by atoms with Gasteiger partial charge in [0.25, 0.3) is 0 Å². The van der Waals surface area contributed by atoms with Gasteiger partial charge in [-0.25, -0.2) is 0 Å². The molecule has 1 aliphatic heterocycles. The molecule has 0 aromatic heterocycles. The van der Waals surface area contributed by atoms with Crippen molar-refractivity contribution in [2.75, 3.05) is 0 Å². The lowest BCUT2D eigenvalue weighted by Gasteiger charge is -2.42. The molecule has 98 valence electrons. The highest BCUT2D eigenvalue weighted by molar-refractivity contribution is 5.11. The summed E-state index contributed by atoms with van der Waals surface area (Å²) in [5.74, 6) is 2.16. The maximum atomic E-state index is 10.4. The molecular weight excluding hydrogens is 212 g/mol. The molecule has 1 N–H and O–H groups in total. The van der Waals surface area contributed by atoms with E-state index in [1.165, 1.54) is 19.3 Å². The minimum absolute atomic E-state index is 0.0437. The van der Waals surface area contributed by atoms with E-state index in [0.29, 0.717) is 23.7 Å². The van der Waals surface area contributed by atoms with Crippen LogP contribution < -0.4 is 0 Å². The molecule has 3 aliphatic rings. The lowest BCUT2D eigenvalue weighted by Crippen LogP contribution is -2.46. The van der Waals surface area contributed by atoms with E-state index in [0.717, 1.165) is 6.42 Å². The van der Waals surface area contributed by atoms with Gasteiger partial charge in [-0.3, -0.25) is 0 Å². The van der Waals surface area contributed by atoms with Crippen LogP contribution >= 0.6 is 0 Å². The number of hydrogen-bond acceptors (Lipinski definition) is 2. The van der Waals surface area contributed by atoms with Gasteiger partial charge in [-0.15, -0.1) is 0 Å². The van der Waals surface area contributed by atoms with E-state index in [2.05, 4.69) is 27.7 Å².